The minimum atomic E-state index is -4.44. The van der Waals surface area contributed by atoms with Crippen molar-refractivity contribution in [2.24, 2.45) is 0 Å². The minimum Gasteiger partial charge on any atom is -0.491 e. The Morgan fingerprint density at radius 2 is 1.58 bits per heavy atom. The number of ether oxygens (including phenoxy) is 1. The van der Waals surface area contributed by atoms with Crippen molar-refractivity contribution >= 4 is 15.9 Å². The molecule has 0 saturated heterocycles. The second-order valence-electron chi connectivity index (χ2n) is 6.60. The highest BCUT2D eigenvalue weighted by molar-refractivity contribution is 7.86. The third-order valence-electron chi connectivity index (χ3n) is 4.31. The number of rotatable bonds is 14. The number of carbonyl (C=O) groups excluding carboxylic acids is 1. The molecule has 0 radical (unpaired) electrons. The standard InChI is InChI=1S/C20H32O5S/c1-3-5-7-8-9-10-14-18(21)17-13-12-15-19(26(22,23)24)20(17)25-16-11-6-4-2/h12-13,15H,3-11,14,16H2,1-2H3,(H,22,23,24). The van der Waals surface area contributed by atoms with E-state index in [1.54, 1.807) is 6.07 Å². The van der Waals surface area contributed by atoms with Gasteiger partial charge in [-0.05, 0) is 25.0 Å². The molecule has 0 aliphatic rings. The van der Waals surface area contributed by atoms with E-state index >= 15 is 0 Å². The van der Waals surface area contributed by atoms with Gasteiger partial charge in [0.2, 0.25) is 0 Å². The quantitative estimate of drug-likeness (QED) is 0.262. The number of Topliss-reactive ketones (excluding diaryl/α,β-unsaturated/α-hetero) is 1. The summed E-state index contributed by atoms with van der Waals surface area (Å²) in [6.07, 6.45) is 9.50. The monoisotopic (exact) mass is 384 g/mol. The van der Waals surface area contributed by atoms with Gasteiger partial charge < -0.3 is 4.74 Å². The molecule has 1 aromatic rings. The van der Waals surface area contributed by atoms with Crippen LogP contribution in [0, 0.1) is 0 Å². The Balaban J connectivity index is 2.82. The molecule has 0 unspecified atom stereocenters. The Bertz CT molecular complexity index is 652. The van der Waals surface area contributed by atoms with Crippen molar-refractivity contribution in [3.05, 3.63) is 23.8 Å². The molecule has 0 fully saturated rings. The Hall–Kier alpha value is -1.40. The first-order valence-electron chi connectivity index (χ1n) is 9.68. The molecule has 0 bridgehead atoms. The van der Waals surface area contributed by atoms with Gasteiger partial charge in [-0.25, -0.2) is 0 Å². The fourth-order valence-electron chi connectivity index (χ4n) is 2.81. The lowest BCUT2D eigenvalue weighted by atomic mass is 10.0. The Labute approximate surface area is 157 Å². The molecule has 0 amide bonds. The molecule has 1 rings (SSSR count). The van der Waals surface area contributed by atoms with Crippen LogP contribution in [0.3, 0.4) is 0 Å². The van der Waals surface area contributed by atoms with Gasteiger partial charge in [-0.2, -0.15) is 8.42 Å². The molecular weight excluding hydrogens is 352 g/mol. The summed E-state index contributed by atoms with van der Waals surface area (Å²) in [5.41, 5.74) is 0.241. The van der Waals surface area contributed by atoms with Gasteiger partial charge in [-0.1, -0.05) is 64.9 Å². The molecule has 0 spiro atoms. The van der Waals surface area contributed by atoms with Crippen LogP contribution < -0.4 is 4.74 Å². The first kappa shape index (κ1) is 22.6. The average Bonchev–Trinajstić information content (AvgIpc) is 2.60. The van der Waals surface area contributed by atoms with Gasteiger partial charge in [0.25, 0.3) is 10.1 Å². The van der Waals surface area contributed by atoms with Gasteiger partial charge >= 0.3 is 0 Å². The second kappa shape index (κ2) is 12.1. The third-order valence-corrected chi connectivity index (χ3v) is 5.19. The van der Waals surface area contributed by atoms with E-state index in [1.807, 2.05) is 0 Å². The topological polar surface area (TPSA) is 80.7 Å². The Kier molecular flexibility index (Phi) is 10.5. The maximum absolute atomic E-state index is 12.6. The zero-order valence-electron chi connectivity index (χ0n) is 16.0. The molecule has 1 N–H and O–H groups in total. The molecule has 0 heterocycles. The van der Waals surface area contributed by atoms with Gasteiger partial charge in [0.1, 0.15) is 4.90 Å². The summed E-state index contributed by atoms with van der Waals surface area (Å²) in [6, 6.07) is 4.31. The summed E-state index contributed by atoms with van der Waals surface area (Å²) in [7, 11) is -4.44. The fraction of sp³-hybridized carbons (Fsp3) is 0.650. The van der Waals surface area contributed by atoms with Crippen LogP contribution >= 0.6 is 0 Å². The van der Waals surface area contributed by atoms with Crippen molar-refractivity contribution in [3.63, 3.8) is 0 Å². The second-order valence-corrected chi connectivity index (χ2v) is 7.99. The van der Waals surface area contributed by atoms with Gasteiger partial charge in [-0.15, -0.1) is 0 Å². The van der Waals surface area contributed by atoms with Gasteiger partial charge in [0.15, 0.2) is 11.5 Å². The molecule has 0 aliphatic heterocycles. The van der Waals surface area contributed by atoms with Crippen molar-refractivity contribution in [3.8, 4) is 5.75 Å². The van der Waals surface area contributed by atoms with Crippen LogP contribution in [0.5, 0.6) is 5.75 Å². The SMILES string of the molecule is CCCCCCCCC(=O)c1cccc(S(=O)(=O)O)c1OCCCCC. The van der Waals surface area contributed by atoms with E-state index in [2.05, 4.69) is 13.8 Å². The molecule has 0 atom stereocenters. The van der Waals surface area contributed by atoms with Crippen molar-refractivity contribution in [1.29, 1.82) is 0 Å². The fourth-order valence-corrected chi connectivity index (χ4v) is 3.47. The first-order chi connectivity index (χ1) is 12.4. The zero-order chi connectivity index (χ0) is 19.4. The van der Waals surface area contributed by atoms with Crippen LogP contribution in [0.2, 0.25) is 0 Å². The van der Waals surface area contributed by atoms with Gasteiger partial charge in [0, 0.05) is 6.42 Å². The lowest BCUT2D eigenvalue weighted by Gasteiger charge is -2.14. The summed E-state index contributed by atoms with van der Waals surface area (Å²) >= 11 is 0. The third kappa shape index (κ3) is 7.87. The predicted octanol–water partition coefficient (Wildman–Crippen LogP) is 5.44. The highest BCUT2D eigenvalue weighted by Gasteiger charge is 2.23. The van der Waals surface area contributed by atoms with Crippen LogP contribution in [0.15, 0.2) is 23.1 Å². The lowest BCUT2D eigenvalue weighted by Crippen LogP contribution is -2.10. The van der Waals surface area contributed by atoms with Crippen LogP contribution in [-0.4, -0.2) is 25.4 Å². The van der Waals surface area contributed by atoms with Gasteiger partial charge in [-0.3, -0.25) is 9.35 Å². The number of hydrogen-bond acceptors (Lipinski definition) is 4. The van der Waals surface area contributed by atoms with Crippen molar-refractivity contribution < 1.29 is 22.5 Å². The molecular formula is C20H32O5S. The maximum atomic E-state index is 12.6. The molecule has 148 valence electrons. The summed E-state index contributed by atoms with van der Waals surface area (Å²) in [5.74, 6) is -0.154. The van der Waals surface area contributed by atoms with Crippen LogP contribution in [-0.2, 0) is 10.1 Å². The van der Waals surface area contributed by atoms with E-state index < -0.39 is 10.1 Å². The number of para-hydroxylation sites is 1. The van der Waals surface area contributed by atoms with Crippen LogP contribution in [0.4, 0.5) is 0 Å². The Morgan fingerprint density at radius 1 is 0.962 bits per heavy atom. The van der Waals surface area contributed by atoms with Crippen molar-refractivity contribution in [2.45, 2.75) is 83.0 Å². The van der Waals surface area contributed by atoms with E-state index in [-0.39, 0.29) is 22.0 Å². The Morgan fingerprint density at radius 3 is 2.23 bits per heavy atom. The summed E-state index contributed by atoms with van der Waals surface area (Å²) in [6.45, 7) is 4.53. The van der Waals surface area contributed by atoms with Crippen molar-refractivity contribution in [1.82, 2.24) is 0 Å². The maximum Gasteiger partial charge on any atom is 0.298 e. The lowest BCUT2D eigenvalue weighted by molar-refractivity contribution is 0.0974. The highest BCUT2D eigenvalue weighted by atomic mass is 32.2. The van der Waals surface area contributed by atoms with Crippen molar-refractivity contribution in [2.75, 3.05) is 6.61 Å². The normalized spacial score (nSPS) is 11.5. The molecule has 26 heavy (non-hydrogen) atoms. The molecule has 6 heteroatoms. The van der Waals surface area contributed by atoms with E-state index in [4.69, 9.17) is 4.74 Å². The number of carbonyl (C=O) groups is 1. The smallest absolute Gasteiger partial charge is 0.298 e. The number of unbranched alkanes of at least 4 members (excludes halogenated alkanes) is 7. The first-order valence-corrected chi connectivity index (χ1v) is 11.1. The summed E-state index contributed by atoms with van der Waals surface area (Å²) in [5, 5.41) is 0. The number of benzene rings is 1. The van der Waals surface area contributed by atoms with Gasteiger partial charge in [0.05, 0.1) is 12.2 Å². The van der Waals surface area contributed by atoms with E-state index in [0.717, 1.165) is 38.5 Å². The summed E-state index contributed by atoms with van der Waals surface area (Å²) in [4.78, 5) is 12.2. The number of hydrogen-bond donors (Lipinski definition) is 1. The van der Waals surface area contributed by atoms with Crippen LogP contribution in [0.1, 0.15) is 88.4 Å². The predicted molar refractivity (Wildman–Crippen MR) is 104 cm³/mol. The molecule has 5 nitrogen and oxygen atoms in total. The molecule has 0 aliphatic carbocycles. The van der Waals surface area contributed by atoms with E-state index in [1.165, 1.54) is 31.4 Å². The zero-order valence-corrected chi connectivity index (χ0v) is 16.8. The largest absolute Gasteiger partial charge is 0.491 e. The molecule has 1 aromatic carbocycles. The average molecular weight is 385 g/mol. The molecule has 0 aromatic heterocycles. The highest BCUT2D eigenvalue weighted by Crippen LogP contribution is 2.30. The molecule has 0 saturated carbocycles. The number of ketones is 1. The summed E-state index contributed by atoms with van der Waals surface area (Å²) < 4.78 is 38.4. The van der Waals surface area contributed by atoms with Crippen LogP contribution in [0.25, 0.3) is 0 Å². The van der Waals surface area contributed by atoms with E-state index in [0.29, 0.717) is 13.0 Å². The van der Waals surface area contributed by atoms with E-state index in [9.17, 15) is 17.8 Å². The minimum absolute atomic E-state index is 0.0120.